The fourth-order valence-corrected chi connectivity index (χ4v) is 2.60. The van der Waals surface area contributed by atoms with Crippen molar-refractivity contribution in [2.45, 2.75) is 5.16 Å². The molecule has 0 bridgehead atoms. The highest BCUT2D eigenvalue weighted by Gasteiger charge is 2.20. The fourth-order valence-electron chi connectivity index (χ4n) is 1.21. The van der Waals surface area contributed by atoms with Gasteiger partial charge in [0.15, 0.2) is 0 Å². The molecule has 0 spiro atoms. The molecule has 0 aliphatic carbocycles. The Bertz CT molecular complexity index is 670. The van der Waals surface area contributed by atoms with Crippen molar-refractivity contribution in [1.29, 1.82) is 0 Å². The molecule has 0 radical (unpaired) electrons. The summed E-state index contributed by atoms with van der Waals surface area (Å²) >= 11 is 9.26. The van der Waals surface area contributed by atoms with Crippen molar-refractivity contribution in [3.05, 3.63) is 27.7 Å². The zero-order valence-corrected chi connectivity index (χ0v) is 11.7. The van der Waals surface area contributed by atoms with Crippen LogP contribution in [0, 0.1) is 0 Å². The van der Waals surface area contributed by atoms with Crippen LogP contribution in [0.15, 0.2) is 27.8 Å². The molecule has 1 aromatic heterocycles. The maximum absolute atomic E-state index is 11.5. The first-order valence-corrected chi connectivity index (χ1v) is 7.39. The fraction of sp³-hybridized carbons (Fsp3) is 0.125. The van der Waals surface area contributed by atoms with Crippen LogP contribution in [0.3, 0.4) is 0 Å². The molecular formula is C8H6BrClN4O2S. The lowest BCUT2D eigenvalue weighted by Crippen LogP contribution is -2.09. The van der Waals surface area contributed by atoms with Gasteiger partial charge in [-0.1, -0.05) is 32.6 Å². The molecule has 2 aromatic rings. The molecule has 0 saturated carbocycles. The predicted molar refractivity (Wildman–Crippen MR) is 65.0 cm³/mol. The van der Waals surface area contributed by atoms with E-state index in [0.29, 0.717) is 10.7 Å². The first-order valence-electron chi connectivity index (χ1n) is 4.33. The highest BCUT2D eigenvalue weighted by molar-refractivity contribution is 9.10. The minimum absolute atomic E-state index is 0.248. The monoisotopic (exact) mass is 336 g/mol. The smallest absolute Gasteiger partial charge is 0.221 e. The molecule has 0 amide bonds. The molecule has 0 aliphatic rings. The number of tetrazole rings is 1. The van der Waals surface area contributed by atoms with Crippen LogP contribution in [-0.2, 0) is 9.84 Å². The number of rotatable bonds is 2. The van der Waals surface area contributed by atoms with Crippen molar-refractivity contribution in [1.82, 2.24) is 20.2 Å². The van der Waals surface area contributed by atoms with Gasteiger partial charge in [-0.25, -0.2) is 8.42 Å². The second kappa shape index (κ2) is 4.35. The van der Waals surface area contributed by atoms with Gasteiger partial charge in [-0.15, -0.1) is 0 Å². The molecule has 0 atom stereocenters. The third-order valence-corrected chi connectivity index (χ3v) is 3.62. The van der Waals surface area contributed by atoms with E-state index < -0.39 is 9.84 Å². The highest BCUT2D eigenvalue weighted by atomic mass is 79.9. The zero-order chi connectivity index (χ0) is 12.6. The Morgan fingerprint density at radius 1 is 1.41 bits per heavy atom. The van der Waals surface area contributed by atoms with E-state index in [1.165, 1.54) is 0 Å². The Labute approximate surface area is 111 Å². The molecule has 2 rings (SSSR count). The van der Waals surface area contributed by atoms with Gasteiger partial charge in [0.1, 0.15) is 0 Å². The van der Waals surface area contributed by atoms with Gasteiger partial charge in [0.05, 0.1) is 10.7 Å². The minimum atomic E-state index is -3.51. The first-order chi connectivity index (χ1) is 7.89. The summed E-state index contributed by atoms with van der Waals surface area (Å²) in [6.45, 7) is 0. The molecule has 1 heterocycles. The van der Waals surface area contributed by atoms with Crippen LogP contribution in [0.1, 0.15) is 0 Å². The predicted octanol–water partition coefficient (Wildman–Crippen LogP) is 1.48. The van der Waals surface area contributed by atoms with Gasteiger partial charge in [-0.3, -0.25) is 0 Å². The summed E-state index contributed by atoms with van der Waals surface area (Å²) in [7, 11) is -3.51. The van der Waals surface area contributed by atoms with Crippen LogP contribution in [0.25, 0.3) is 5.69 Å². The molecule has 6 nitrogen and oxygen atoms in total. The lowest BCUT2D eigenvalue weighted by Gasteiger charge is -2.05. The summed E-state index contributed by atoms with van der Waals surface area (Å²) in [5.41, 5.74) is 0.403. The molecular weight excluding hydrogens is 332 g/mol. The summed E-state index contributed by atoms with van der Waals surface area (Å²) in [6, 6.07) is 4.97. The van der Waals surface area contributed by atoms with E-state index >= 15 is 0 Å². The van der Waals surface area contributed by atoms with Crippen molar-refractivity contribution in [3.8, 4) is 5.69 Å². The van der Waals surface area contributed by atoms with Gasteiger partial charge in [0.25, 0.3) is 5.16 Å². The quantitative estimate of drug-likeness (QED) is 0.829. The molecule has 0 fully saturated rings. The van der Waals surface area contributed by atoms with E-state index in [2.05, 4.69) is 31.5 Å². The normalized spacial score (nSPS) is 11.7. The van der Waals surface area contributed by atoms with Crippen molar-refractivity contribution in [2.24, 2.45) is 0 Å². The van der Waals surface area contributed by atoms with Gasteiger partial charge in [0, 0.05) is 10.7 Å². The van der Waals surface area contributed by atoms with Gasteiger partial charge in [0.2, 0.25) is 9.84 Å². The summed E-state index contributed by atoms with van der Waals surface area (Å²) < 4.78 is 24.8. The van der Waals surface area contributed by atoms with Crippen LogP contribution in [0.5, 0.6) is 0 Å². The lowest BCUT2D eigenvalue weighted by atomic mass is 10.3. The molecule has 0 aliphatic heterocycles. The van der Waals surface area contributed by atoms with Crippen LogP contribution >= 0.6 is 27.5 Å². The Morgan fingerprint density at radius 2 is 2.12 bits per heavy atom. The Balaban J connectivity index is 2.66. The molecule has 0 N–H and O–H groups in total. The number of halogens is 2. The molecule has 0 saturated heterocycles. The van der Waals surface area contributed by atoms with Crippen molar-refractivity contribution in [2.75, 3.05) is 6.26 Å². The topological polar surface area (TPSA) is 77.7 Å². The van der Waals surface area contributed by atoms with E-state index in [0.717, 1.165) is 15.4 Å². The zero-order valence-electron chi connectivity index (χ0n) is 8.50. The van der Waals surface area contributed by atoms with Crippen LogP contribution in [-0.4, -0.2) is 34.9 Å². The lowest BCUT2D eigenvalue weighted by molar-refractivity contribution is 0.586. The van der Waals surface area contributed by atoms with Crippen LogP contribution in [0.4, 0.5) is 0 Å². The molecule has 0 unspecified atom stereocenters. The van der Waals surface area contributed by atoms with Gasteiger partial charge >= 0.3 is 0 Å². The maximum atomic E-state index is 11.5. The third-order valence-electron chi connectivity index (χ3n) is 1.91. The van der Waals surface area contributed by atoms with E-state index in [1.54, 1.807) is 18.2 Å². The molecule has 1 aromatic carbocycles. The average molecular weight is 338 g/mol. The Kier molecular flexibility index (Phi) is 3.19. The Hall–Kier alpha value is -0.990. The second-order valence-corrected chi connectivity index (χ2v) is 6.47. The van der Waals surface area contributed by atoms with Crippen LogP contribution < -0.4 is 0 Å². The summed E-state index contributed by atoms with van der Waals surface area (Å²) in [4.78, 5) is 0. The Morgan fingerprint density at radius 3 is 2.71 bits per heavy atom. The SMILES string of the molecule is CS(=O)(=O)c1nnnn1-c1ccc(Br)cc1Cl. The maximum Gasteiger partial charge on any atom is 0.272 e. The minimum Gasteiger partial charge on any atom is -0.221 e. The summed E-state index contributed by atoms with van der Waals surface area (Å²) in [5.74, 6) is 0. The van der Waals surface area contributed by atoms with Gasteiger partial charge in [-0.05, 0) is 28.6 Å². The van der Waals surface area contributed by atoms with E-state index in [4.69, 9.17) is 11.6 Å². The first kappa shape index (κ1) is 12.5. The highest BCUT2D eigenvalue weighted by Crippen LogP contribution is 2.25. The standard InChI is InChI=1S/C8H6BrClN4O2S/c1-17(15,16)8-11-12-13-14(8)7-3-2-5(9)4-6(7)10/h2-4H,1H3. The third kappa shape index (κ3) is 2.48. The van der Waals surface area contributed by atoms with Gasteiger partial charge < -0.3 is 0 Å². The van der Waals surface area contributed by atoms with Gasteiger partial charge in [-0.2, -0.15) is 4.68 Å². The van der Waals surface area contributed by atoms with E-state index in [1.807, 2.05) is 0 Å². The summed E-state index contributed by atoms with van der Waals surface area (Å²) in [6.07, 6.45) is 1.03. The molecule has 9 heteroatoms. The number of nitrogens with zero attached hydrogens (tertiary/aromatic N) is 4. The number of sulfone groups is 1. The summed E-state index contributed by atoms with van der Waals surface area (Å²) in [5, 5.41) is 10.5. The second-order valence-electron chi connectivity index (χ2n) is 3.24. The number of benzene rings is 1. The van der Waals surface area contributed by atoms with E-state index in [-0.39, 0.29) is 5.16 Å². The average Bonchev–Trinajstić information content (AvgIpc) is 2.65. The number of hydrogen-bond acceptors (Lipinski definition) is 5. The largest absolute Gasteiger partial charge is 0.272 e. The van der Waals surface area contributed by atoms with Crippen molar-refractivity contribution >= 4 is 37.4 Å². The molecule has 90 valence electrons. The molecule has 17 heavy (non-hydrogen) atoms. The van der Waals surface area contributed by atoms with Crippen molar-refractivity contribution in [3.63, 3.8) is 0 Å². The van der Waals surface area contributed by atoms with E-state index in [9.17, 15) is 8.42 Å². The van der Waals surface area contributed by atoms with Crippen LogP contribution in [0.2, 0.25) is 5.02 Å². The van der Waals surface area contributed by atoms with Crippen molar-refractivity contribution < 1.29 is 8.42 Å². The number of hydrogen-bond donors (Lipinski definition) is 0. The number of aromatic nitrogens is 4.